The summed E-state index contributed by atoms with van der Waals surface area (Å²) in [5, 5.41) is 3.85. The van der Waals surface area contributed by atoms with Crippen LogP contribution in [0, 0.1) is 0 Å². The lowest BCUT2D eigenvalue weighted by atomic mass is 10.3. The van der Waals surface area contributed by atoms with E-state index in [4.69, 9.17) is 4.74 Å². The van der Waals surface area contributed by atoms with Crippen molar-refractivity contribution in [2.24, 2.45) is 0 Å². The number of hydrogen-bond acceptors (Lipinski definition) is 6. The number of esters is 1. The van der Waals surface area contributed by atoms with Crippen LogP contribution in [-0.2, 0) is 9.53 Å². The van der Waals surface area contributed by atoms with E-state index in [2.05, 4.69) is 15.3 Å². The van der Waals surface area contributed by atoms with Crippen molar-refractivity contribution in [3.05, 3.63) is 18.5 Å². The van der Waals surface area contributed by atoms with Crippen LogP contribution >= 0.6 is 11.8 Å². The van der Waals surface area contributed by atoms with Crippen molar-refractivity contribution in [2.75, 3.05) is 12.4 Å². The summed E-state index contributed by atoms with van der Waals surface area (Å²) in [4.78, 5) is 20.0. The van der Waals surface area contributed by atoms with Gasteiger partial charge in [-0.2, -0.15) is 0 Å². The van der Waals surface area contributed by atoms with Gasteiger partial charge in [-0.3, -0.25) is 4.79 Å². The standard InChI is InChI=1S/C12H19N3O2S/c1-4-17-11(16)10(15-9(2)3)8-18-12-13-6-5-7-14-12/h5-7,9-10,15H,4,8H2,1-3H3. The van der Waals surface area contributed by atoms with Crippen LogP contribution in [-0.4, -0.2) is 40.4 Å². The first kappa shape index (κ1) is 14.9. The van der Waals surface area contributed by atoms with E-state index in [9.17, 15) is 4.79 Å². The van der Waals surface area contributed by atoms with Crippen LogP contribution in [0.1, 0.15) is 20.8 Å². The average Bonchev–Trinajstić information content (AvgIpc) is 2.35. The molecule has 0 bridgehead atoms. The number of ether oxygens (including phenoxy) is 1. The van der Waals surface area contributed by atoms with Crippen LogP contribution in [0.4, 0.5) is 0 Å². The number of carbonyl (C=O) groups is 1. The second-order valence-electron chi connectivity index (χ2n) is 3.97. The summed E-state index contributed by atoms with van der Waals surface area (Å²) in [6.07, 6.45) is 3.37. The lowest BCUT2D eigenvalue weighted by Crippen LogP contribution is -2.43. The van der Waals surface area contributed by atoms with Crippen molar-refractivity contribution >= 4 is 17.7 Å². The number of nitrogens with zero attached hydrogens (tertiary/aromatic N) is 2. The summed E-state index contributed by atoms with van der Waals surface area (Å²) in [5.74, 6) is 0.329. The quantitative estimate of drug-likeness (QED) is 0.460. The number of rotatable bonds is 7. The van der Waals surface area contributed by atoms with Gasteiger partial charge >= 0.3 is 5.97 Å². The fraction of sp³-hybridized carbons (Fsp3) is 0.583. The Balaban J connectivity index is 2.53. The van der Waals surface area contributed by atoms with E-state index in [-0.39, 0.29) is 18.1 Å². The first-order valence-electron chi connectivity index (χ1n) is 5.96. The van der Waals surface area contributed by atoms with E-state index in [1.165, 1.54) is 11.8 Å². The minimum absolute atomic E-state index is 0.219. The van der Waals surface area contributed by atoms with Crippen molar-refractivity contribution in [3.8, 4) is 0 Å². The molecule has 0 aromatic carbocycles. The molecule has 18 heavy (non-hydrogen) atoms. The van der Waals surface area contributed by atoms with E-state index < -0.39 is 0 Å². The van der Waals surface area contributed by atoms with Gasteiger partial charge in [0.15, 0.2) is 5.16 Å². The maximum absolute atomic E-state index is 11.8. The molecule has 100 valence electrons. The van der Waals surface area contributed by atoms with Gasteiger partial charge < -0.3 is 10.1 Å². The topological polar surface area (TPSA) is 64.1 Å². The SMILES string of the molecule is CCOC(=O)C(CSc1ncccn1)NC(C)C. The fourth-order valence-electron chi connectivity index (χ4n) is 1.35. The van der Waals surface area contributed by atoms with Gasteiger partial charge in [-0.1, -0.05) is 25.6 Å². The fourth-order valence-corrected chi connectivity index (χ4v) is 2.17. The Morgan fingerprint density at radius 2 is 2.11 bits per heavy atom. The summed E-state index contributed by atoms with van der Waals surface area (Å²) in [6.45, 7) is 6.19. The Labute approximate surface area is 112 Å². The number of thioether (sulfide) groups is 1. The molecule has 1 N–H and O–H groups in total. The molecule has 1 rings (SSSR count). The molecule has 1 unspecified atom stereocenters. The number of nitrogens with one attached hydrogen (secondary N) is 1. The molecule has 0 saturated carbocycles. The Kier molecular flexibility index (Phi) is 6.67. The first-order chi connectivity index (χ1) is 8.63. The minimum Gasteiger partial charge on any atom is -0.465 e. The van der Waals surface area contributed by atoms with Crippen LogP contribution in [0.15, 0.2) is 23.6 Å². The van der Waals surface area contributed by atoms with Gasteiger partial charge in [-0.15, -0.1) is 0 Å². The molecule has 1 heterocycles. The Morgan fingerprint density at radius 1 is 1.44 bits per heavy atom. The van der Waals surface area contributed by atoms with Crippen LogP contribution in [0.5, 0.6) is 0 Å². The summed E-state index contributed by atoms with van der Waals surface area (Å²) in [6, 6.07) is 1.65. The molecule has 0 radical (unpaired) electrons. The third kappa shape index (κ3) is 5.46. The Hall–Kier alpha value is -1.14. The Morgan fingerprint density at radius 3 is 2.67 bits per heavy atom. The molecule has 0 aliphatic carbocycles. The van der Waals surface area contributed by atoms with E-state index in [0.29, 0.717) is 17.5 Å². The molecule has 1 atom stereocenters. The zero-order valence-corrected chi connectivity index (χ0v) is 11.7. The third-order valence-electron chi connectivity index (χ3n) is 2.03. The molecule has 0 aliphatic rings. The second-order valence-corrected chi connectivity index (χ2v) is 4.96. The Bertz CT molecular complexity index is 360. The van der Waals surface area contributed by atoms with E-state index in [1.807, 2.05) is 13.8 Å². The zero-order valence-electron chi connectivity index (χ0n) is 10.9. The highest BCUT2D eigenvalue weighted by Crippen LogP contribution is 2.13. The van der Waals surface area contributed by atoms with Gasteiger partial charge in [0, 0.05) is 24.2 Å². The van der Waals surface area contributed by atoms with Crippen LogP contribution < -0.4 is 5.32 Å². The minimum atomic E-state index is -0.334. The monoisotopic (exact) mass is 269 g/mol. The molecule has 6 heteroatoms. The molecule has 0 saturated heterocycles. The first-order valence-corrected chi connectivity index (χ1v) is 6.94. The van der Waals surface area contributed by atoms with Crippen LogP contribution in [0.3, 0.4) is 0 Å². The van der Waals surface area contributed by atoms with Gasteiger partial charge in [0.2, 0.25) is 0 Å². The predicted octanol–water partition coefficient (Wildman–Crippen LogP) is 1.50. The largest absolute Gasteiger partial charge is 0.465 e. The number of hydrogen-bond donors (Lipinski definition) is 1. The van der Waals surface area contributed by atoms with Crippen molar-refractivity contribution in [2.45, 2.75) is 38.0 Å². The third-order valence-corrected chi connectivity index (χ3v) is 3.00. The molecule has 5 nitrogen and oxygen atoms in total. The normalized spacial score (nSPS) is 12.4. The molecule has 1 aromatic heterocycles. The maximum atomic E-state index is 11.8. The van der Waals surface area contributed by atoms with E-state index >= 15 is 0 Å². The van der Waals surface area contributed by atoms with Gasteiger partial charge in [0.05, 0.1) is 6.61 Å². The average molecular weight is 269 g/mol. The lowest BCUT2D eigenvalue weighted by molar-refractivity contribution is -0.145. The van der Waals surface area contributed by atoms with Gasteiger partial charge in [0.1, 0.15) is 6.04 Å². The highest BCUT2D eigenvalue weighted by atomic mass is 32.2. The van der Waals surface area contributed by atoms with Crippen molar-refractivity contribution in [1.82, 2.24) is 15.3 Å². The summed E-state index contributed by atoms with van der Waals surface area (Å²) < 4.78 is 5.04. The van der Waals surface area contributed by atoms with Gasteiger partial charge in [-0.25, -0.2) is 9.97 Å². The van der Waals surface area contributed by atoms with Gasteiger partial charge in [-0.05, 0) is 13.0 Å². The highest BCUT2D eigenvalue weighted by Gasteiger charge is 2.20. The highest BCUT2D eigenvalue weighted by molar-refractivity contribution is 7.99. The molecular formula is C12H19N3O2S. The molecule has 0 spiro atoms. The molecule has 0 fully saturated rings. The summed E-state index contributed by atoms with van der Waals surface area (Å²) >= 11 is 1.44. The lowest BCUT2D eigenvalue weighted by Gasteiger charge is -2.18. The number of aromatic nitrogens is 2. The second kappa shape index (κ2) is 8.05. The smallest absolute Gasteiger partial charge is 0.324 e. The zero-order chi connectivity index (χ0) is 13.4. The van der Waals surface area contributed by atoms with E-state index in [0.717, 1.165) is 0 Å². The predicted molar refractivity (Wildman–Crippen MR) is 71.4 cm³/mol. The van der Waals surface area contributed by atoms with Gasteiger partial charge in [0.25, 0.3) is 0 Å². The van der Waals surface area contributed by atoms with Crippen molar-refractivity contribution < 1.29 is 9.53 Å². The number of carbonyl (C=O) groups excluding carboxylic acids is 1. The summed E-state index contributed by atoms with van der Waals surface area (Å²) in [7, 11) is 0. The molecule has 0 amide bonds. The van der Waals surface area contributed by atoms with E-state index in [1.54, 1.807) is 25.4 Å². The molecular weight excluding hydrogens is 250 g/mol. The summed E-state index contributed by atoms with van der Waals surface area (Å²) in [5.41, 5.74) is 0. The van der Waals surface area contributed by atoms with Crippen molar-refractivity contribution in [3.63, 3.8) is 0 Å². The molecule has 0 aliphatic heterocycles. The van der Waals surface area contributed by atoms with Crippen molar-refractivity contribution in [1.29, 1.82) is 0 Å². The maximum Gasteiger partial charge on any atom is 0.324 e. The molecule has 1 aromatic rings. The van der Waals surface area contributed by atoms with Crippen LogP contribution in [0.25, 0.3) is 0 Å². The van der Waals surface area contributed by atoms with Crippen LogP contribution in [0.2, 0.25) is 0 Å².